The molecule has 0 bridgehead atoms. The van der Waals surface area contributed by atoms with Gasteiger partial charge in [0.2, 0.25) is 0 Å². The molecule has 3 N–H and O–H groups in total. The van der Waals surface area contributed by atoms with Crippen LogP contribution in [0, 0.1) is 22.2 Å². The molecule has 8 nitrogen and oxygen atoms in total. The van der Waals surface area contributed by atoms with Crippen molar-refractivity contribution in [3.63, 3.8) is 0 Å². The van der Waals surface area contributed by atoms with E-state index in [0.717, 1.165) is 0 Å². The SMILES string of the molecule is C[C@@H](Oc1ccc(N)c(C(=N)c2cnc(N3CC(C)(CP(C)(C)=O)C3)c(C#N)c2)c1)c1c(Cl)cncc1Cl. The molecule has 0 unspecified atom stereocenters. The molecular weight excluding hydrogens is 542 g/mol. The fraction of sp³-hybridized carbons (Fsp3) is 0.333. The summed E-state index contributed by atoms with van der Waals surface area (Å²) in [6.07, 6.45) is 4.75. The number of ether oxygens (including phenoxy) is 1. The van der Waals surface area contributed by atoms with Crippen molar-refractivity contribution in [2.24, 2.45) is 5.41 Å². The first-order chi connectivity index (χ1) is 17.8. The van der Waals surface area contributed by atoms with E-state index in [1.807, 2.05) is 11.8 Å². The van der Waals surface area contributed by atoms with Crippen LogP contribution in [0.3, 0.4) is 0 Å². The zero-order valence-electron chi connectivity index (χ0n) is 21.6. The van der Waals surface area contributed by atoms with Crippen LogP contribution in [-0.4, -0.2) is 48.3 Å². The van der Waals surface area contributed by atoms with Gasteiger partial charge in [-0.2, -0.15) is 5.26 Å². The highest BCUT2D eigenvalue weighted by atomic mass is 35.5. The summed E-state index contributed by atoms with van der Waals surface area (Å²) >= 11 is 12.5. The minimum Gasteiger partial charge on any atom is -0.486 e. The third-order valence-corrected chi connectivity index (χ3v) is 8.51. The average molecular weight is 571 g/mol. The molecule has 1 aliphatic heterocycles. The third-order valence-electron chi connectivity index (χ3n) is 6.39. The van der Waals surface area contributed by atoms with Gasteiger partial charge in [0, 0.05) is 65.6 Å². The summed E-state index contributed by atoms with van der Waals surface area (Å²) in [5.74, 6) is 1.04. The Morgan fingerprint density at radius 2 is 1.92 bits per heavy atom. The molecule has 0 saturated carbocycles. The van der Waals surface area contributed by atoms with Gasteiger partial charge in [-0.05, 0) is 44.5 Å². The Hall–Kier alpha value is -3.11. The number of nitriles is 1. The van der Waals surface area contributed by atoms with E-state index in [9.17, 15) is 9.83 Å². The van der Waals surface area contributed by atoms with Crippen molar-refractivity contribution in [1.29, 1.82) is 10.7 Å². The van der Waals surface area contributed by atoms with Gasteiger partial charge in [-0.1, -0.05) is 30.1 Å². The summed E-state index contributed by atoms with van der Waals surface area (Å²) in [6.45, 7) is 8.87. The molecule has 1 aromatic carbocycles. The number of hydrogen-bond acceptors (Lipinski definition) is 8. The van der Waals surface area contributed by atoms with Crippen molar-refractivity contribution >= 4 is 47.6 Å². The minimum atomic E-state index is -2.16. The lowest BCUT2D eigenvalue weighted by atomic mass is 9.84. The molecule has 1 saturated heterocycles. The smallest absolute Gasteiger partial charge is 0.146 e. The van der Waals surface area contributed by atoms with Gasteiger partial charge >= 0.3 is 0 Å². The molecule has 1 aliphatic rings. The van der Waals surface area contributed by atoms with Crippen LogP contribution in [0.4, 0.5) is 11.5 Å². The number of nitrogens with two attached hydrogens (primary N) is 1. The average Bonchev–Trinajstić information content (AvgIpc) is 2.81. The monoisotopic (exact) mass is 570 g/mol. The molecule has 38 heavy (non-hydrogen) atoms. The zero-order chi connectivity index (χ0) is 27.8. The number of nitrogen functional groups attached to an aromatic ring is 1. The summed E-state index contributed by atoms with van der Waals surface area (Å²) in [6, 6.07) is 8.90. The van der Waals surface area contributed by atoms with Gasteiger partial charge in [-0.15, -0.1) is 0 Å². The molecule has 0 amide bonds. The van der Waals surface area contributed by atoms with Crippen LogP contribution in [0.1, 0.15) is 42.2 Å². The van der Waals surface area contributed by atoms with Crippen molar-refractivity contribution < 1.29 is 9.30 Å². The van der Waals surface area contributed by atoms with Crippen LogP contribution in [0.15, 0.2) is 42.9 Å². The number of aromatic nitrogens is 2. The van der Waals surface area contributed by atoms with Crippen molar-refractivity contribution in [3.05, 3.63) is 75.2 Å². The summed E-state index contributed by atoms with van der Waals surface area (Å²) in [5.41, 5.74) is 8.52. The second kappa shape index (κ2) is 10.6. The largest absolute Gasteiger partial charge is 0.486 e. The Balaban J connectivity index is 1.55. The number of halogens is 2. The number of rotatable bonds is 8. The van der Waals surface area contributed by atoms with E-state index >= 15 is 0 Å². The molecular formula is C27H29Cl2N6O2P. The first kappa shape index (κ1) is 27.9. The fourth-order valence-electron chi connectivity index (χ4n) is 5.03. The lowest BCUT2D eigenvalue weighted by molar-refractivity contribution is 0.227. The summed E-state index contributed by atoms with van der Waals surface area (Å²) in [4.78, 5) is 10.5. The van der Waals surface area contributed by atoms with E-state index in [-0.39, 0.29) is 11.1 Å². The number of hydrogen-bond donors (Lipinski definition) is 2. The van der Waals surface area contributed by atoms with E-state index in [0.29, 0.717) is 68.8 Å². The Morgan fingerprint density at radius 1 is 1.26 bits per heavy atom. The van der Waals surface area contributed by atoms with Gasteiger partial charge in [-0.25, -0.2) is 4.98 Å². The summed E-state index contributed by atoms with van der Waals surface area (Å²) < 4.78 is 18.4. The van der Waals surface area contributed by atoms with Crippen LogP contribution in [0.2, 0.25) is 10.0 Å². The molecule has 3 aromatic rings. The normalized spacial score (nSPS) is 15.3. The second-order valence-corrected chi connectivity index (χ2v) is 14.8. The van der Waals surface area contributed by atoms with Gasteiger partial charge < -0.3 is 19.9 Å². The highest BCUT2D eigenvalue weighted by molar-refractivity contribution is 7.62. The van der Waals surface area contributed by atoms with Crippen molar-refractivity contribution in [3.8, 4) is 11.8 Å². The number of anilines is 2. The molecule has 4 rings (SSSR count). The number of pyridine rings is 2. The van der Waals surface area contributed by atoms with Crippen molar-refractivity contribution in [2.75, 3.05) is 43.2 Å². The first-order valence-corrected chi connectivity index (χ1v) is 15.5. The fourth-order valence-corrected chi connectivity index (χ4v) is 7.74. The van der Waals surface area contributed by atoms with E-state index < -0.39 is 13.2 Å². The lowest BCUT2D eigenvalue weighted by Crippen LogP contribution is -2.57. The van der Waals surface area contributed by atoms with Crippen LogP contribution in [0.5, 0.6) is 5.75 Å². The Kier molecular flexibility index (Phi) is 7.76. The van der Waals surface area contributed by atoms with Crippen molar-refractivity contribution in [2.45, 2.75) is 20.0 Å². The van der Waals surface area contributed by atoms with Crippen LogP contribution in [0.25, 0.3) is 0 Å². The number of nitrogens with zero attached hydrogens (tertiary/aromatic N) is 4. The number of benzene rings is 1. The quantitative estimate of drug-likeness (QED) is 0.186. The molecule has 11 heteroatoms. The van der Waals surface area contributed by atoms with Crippen LogP contribution >= 0.6 is 30.3 Å². The van der Waals surface area contributed by atoms with Gasteiger partial charge in [0.15, 0.2) is 0 Å². The van der Waals surface area contributed by atoms with Crippen LogP contribution in [-0.2, 0) is 4.57 Å². The molecule has 0 spiro atoms. The maximum Gasteiger partial charge on any atom is 0.146 e. The van der Waals surface area contributed by atoms with Crippen LogP contribution < -0.4 is 15.4 Å². The molecule has 198 valence electrons. The summed E-state index contributed by atoms with van der Waals surface area (Å²) in [7, 11) is -2.16. The van der Waals surface area contributed by atoms with E-state index in [4.69, 9.17) is 39.1 Å². The van der Waals surface area contributed by atoms with Gasteiger partial charge in [0.1, 0.15) is 23.7 Å². The van der Waals surface area contributed by atoms with E-state index in [1.165, 1.54) is 12.4 Å². The molecule has 3 heterocycles. The minimum absolute atomic E-state index is 0.0739. The molecule has 0 aliphatic carbocycles. The zero-order valence-corrected chi connectivity index (χ0v) is 24.0. The van der Waals surface area contributed by atoms with E-state index in [2.05, 4.69) is 23.0 Å². The van der Waals surface area contributed by atoms with E-state index in [1.54, 1.807) is 43.8 Å². The first-order valence-electron chi connectivity index (χ1n) is 11.9. The Bertz CT molecular complexity index is 1470. The predicted molar refractivity (Wildman–Crippen MR) is 154 cm³/mol. The standard InChI is InChI=1S/C27H29Cl2N6O2P/c1-16(24-21(28)11-33-12-22(24)29)37-19-5-6-23(31)20(8-19)25(32)18-7-17(9-30)26(34-10-18)35-13-27(2,14-35)15-38(3,4)36/h5-8,10-12,16,32H,13-15,31H2,1-4H3/t16-/m1/s1. The van der Waals surface area contributed by atoms with Crippen molar-refractivity contribution in [1.82, 2.24) is 9.97 Å². The lowest BCUT2D eigenvalue weighted by Gasteiger charge is -2.49. The Morgan fingerprint density at radius 3 is 2.53 bits per heavy atom. The molecule has 0 radical (unpaired) electrons. The topological polar surface area (TPSA) is 129 Å². The van der Waals surface area contributed by atoms with Gasteiger partial charge in [0.05, 0.1) is 28.5 Å². The highest BCUT2D eigenvalue weighted by Gasteiger charge is 2.42. The second-order valence-electron chi connectivity index (χ2n) is 10.5. The molecule has 1 fully saturated rings. The molecule has 1 atom stereocenters. The summed E-state index contributed by atoms with van der Waals surface area (Å²) in [5, 5.41) is 19.4. The number of nitrogens with one attached hydrogen (secondary N) is 1. The van der Waals surface area contributed by atoms with Gasteiger partial charge in [0.25, 0.3) is 0 Å². The molecule has 2 aromatic heterocycles. The maximum atomic E-state index is 12.3. The maximum absolute atomic E-state index is 12.3. The Labute approximate surface area is 232 Å². The van der Waals surface area contributed by atoms with Gasteiger partial charge in [-0.3, -0.25) is 10.4 Å². The third kappa shape index (κ3) is 5.96. The predicted octanol–water partition coefficient (Wildman–Crippen LogP) is 6.24. The highest BCUT2D eigenvalue weighted by Crippen LogP contribution is 2.47.